The van der Waals surface area contributed by atoms with E-state index in [0.29, 0.717) is 15.8 Å². The van der Waals surface area contributed by atoms with Crippen LogP contribution in [0.1, 0.15) is 19.8 Å². The number of nitrogens with one attached hydrogen (secondary N) is 1. The number of anilines is 2. The normalized spacial score (nSPS) is 10.2. The molecule has 4 heteroatoms. The highest BCUT2D eigenvalue weighted by atomic mass is 79.9. The van der Waals surface area contributed by atoms with Crippen LogP contribution >= 0.6 is 15.9 Å². The van der Waals surface area contributed by atoms with Gasteiger partial charge in [-0.15, -0.1) is 0 Å². The van der Waals surface area contributed by atoms with Gasteiger partial charge in [0, 0.05) is 12.6 Å². The van der Waals surface area contributed by atoms with Gasteiger partial charge in [-0.2, -0.15) is 0 Å². The van der Waals surface area contributed by atoms with Gasteiger partial charge in [-0.25, -0.2) is 4.39 Å². The monoisotopic (exact) mass is 260 g/mol. The first-order chi connectivity index (χ1) is 6.65. The van der Waals surface area contributed by atoms with Crippen LogP contribution in [0.4, 0.5) is 15.8 Å². The molecule has 0 saturated carbocycles. The van der Waals surface area contributed by atoms with Crippen LogP contribution in [-0.4, -0.2) is 6.54 Å². The first kappa shape index (κ1) is 11.3. The van der Waals surface area contributed by atoms with Gasteiger partial charge in [-0.3, -0.25) is 0 Å². The molecule has 0 heterocycles. The second-order valence-corrected chi connectivity index (χ2v) is 3.99. The average molecular weight is 261 g/mol. The van der Waals surface area contributed by atoms with Crippen molar-refractivity contribution < 1.29 is 4.39 Å². The zero-order chi connectivity index (χ0) is 10.6. The quantitative estimate of drug-likeness (QED) is 0.644. The zero-order valence-corrected chi connectivity index (χ0v) is 9.70. The summed E-state index contributed by atoms with van der Waals surface area (Å²) in [6.07, 6.45) is 2.16. The van der Waals surface area contributed by atoms with E-state index in [9.17, 15) is 4.39 Å². The van der Waals surface area contributed by atoms with Crippen LogP contribution in [0.25, 0.3) is 0 Å². The summed E-state index contributed by atoms with van der Waals surface area (Å²) in [6.45, 7) is 2.93. The third-order valence-corrected chi connectivity index (χ3v) is 2.55. The minimum atomic E-state index is -0.293. The van der Waals surface area contributed by atoms with E-state index in [-0.39, 0.29) is 5.82 Å². The first-order valence-electron chi connectivity index (χ1n) is 4.63. The predicted molar refractivity (Wildman–Crippen MR) is 61.9 cm³/mol. The van der Waals surface area contributed by atoms with Gasteiger partial charge in [-0.1, -0.05) is 13.3 Å². The third-order valence-electron chi connectivity index (χ3n) is 1.94. The van der Waals surface area contributed by atoms with Gasteiger partial charge in [0.25, 0.3) is 0 Å². The number of benzene rings is 1. The lowest BCUT2D eigenvalue weighted by Gasteiger charge is -2.09. The van der Waals surface area contributed by atoms with Crippen LogP contribution in [0.2, 0.25) is 0 Å². The fourth-order valence-corrected chi connectivity index (χ4v) is 1.48. The van der Waals surface area contributed by atoms with Crippen molar-refractivity contribution >= 4 is 27.3 Å². The van der Waals surface area contributed by atoms with E-state index in [1.807, 2.05) is 0 Å². The summed E-state index contributed by atoms with van der Waals surface area (Å²) in [5.41, 5.74) is 6.94. The van der Waals surface area contributed by atoms with Gasteiger partial charge in [0.1, 0.15) is 5.82 Å². The Morgan fingerprint density at radius 2 is 2.21 bits per heavy atom. The van der Waals surface area contributed by atoms with Gasteiger partial charge in [0.2, 0.25) is 0 Å². The van der Waals surface area contributed by atoms with Crippen molar-refractivity contribution in [2.75, 3.05) is 17.6 Å². The Labute approximate surface area is 91.8 Å². The molecule has 1 aromatic carbocycles. The number of hydrogen-bond acceptors (Lipinski definition) is 2. The number of hydrogen-bond donors (Lipinski definition) is 2. The SMILES string of the molecule is CCCCNc1cc(F)c(Br)cc1N. The first-order valence-corrected chi connectivity index (χ1v) is 5.42. The van der Waals surface area contributed by atoms with Crippen molar-refractivity contribution in [2.24, 2.45) is 0 Å². The largest absolute Gasteiger partial charge is 0.397 e. The van der Waals surface area contributed by atoms with Crippen molar-refractivity contribution in [3.05, 3.63) is 22.4 Å². The standard InChI is InChI=1S/C10H14BrFN2/c1-2-3-4-14-10-6-8(12)7(11)5-9(10)13/h5-6,14H,2-4,13H2,1H3. The molecule has 3 N–H and O–H groups in total. The Morgan fingerprint density at radius 1 is 1.50 bits per heavy atom. The maximum Gasteiger partial charge on any atom is 0.139 e. The number of nitrogen functional groups attached to an aromatic ring is 1. The van der Waals surface area contributed by atoms with E-state index in [4.69, 9.17) is 5.73 Å². The van der Waals surface area contributed by atoms with Crippen LogP contribution in [-0.2, 0) is 0 Å². The smallest absolute Gasteiger partial charge is 0.139 e. The lowest BCUT2D eigenvalue weighted by Crippen LogP contribution is -2.04. The molecule has 0 aromatic heterocycles. The van der Waals surface area contributed by atoms with E-state index in [0.717, 1.165) is 19.4 Å². The summed E-state index contributed by atoms with van der Waals surface area (Å²) in [7, 11) is 0. The number of unbranched alkanes of at least 4 members (excludes halogenated alkanes) is 1. The van der Waals surface area contributed by atoms with E-state index >= 15 is 0 Å². The van der Waals surface area contributed by atoms with Crippen LogP contribution < -0.4 is 11.1 Å². The van der Waals surface area contributed by atoms with Crippen molar-refractivity contribution in [3.8, 4) is 0 Å². The van der Waals surface area contributed by atoms with E-state index in [1.54, 1.807) is 6.07 Å². The molecule has 0 saturated heterocycles. The van der Waals surface area contributed by atoms with Gasteiger partial charge in [0.05, 0.1) is 15.8 Å². The Hall–Kier alpha value is -0.770. The Morgan fingerprint density at radius 3 is 2.86 bits per heavy atom. The molecule has 78 valence electrons. The Kier molecular flexibility index (Phi) is 4.20. The van der Waals surface area contributed by atoms with Crippen molar-refractivity contribution in [1.82, 2.24) is 0 Å². The van der Waals surface area contributed by atoms with Crippen LogP contribution in [0, 0.1) is 5.82 Å². The zero-order valence-electron chi connectivity index (χ0n) is 8.11. The summed E-state index contributed by atoms with van der Waals surface area (Å²) in [4.78, 5) is 0. The van der Waals surface area contributed by atoms with Crippen molar-refractivity contribution in [1.29, 1.82) is 0 Å². The van der Waals surface area contributed by atoms with Crippen LogP contribution in [0.3, 0.4) is 0 Å². The molecule has 0 bridgehead atoms. The molecule has 2 nitrogen and oxygen atoms in total. The van der Waals surface area contributed by atoms with Gasteiger partial charge in [-0.05, 0) is 28.4 Å². The number of halogens is 2. The maximum atomic E-state index is 13.1. The summed E-state index contributed by atoms with van der Waals surface area (Å²) in [6, 6.07) is 2.98. The van der Waals surface area contributed by atoms with Gasteiger partial charge < -0.3 is 11.1 Å². The molecule has 0 aliphatic carbocycles. The molecule has 14 heavy (non-hydrogen) atoms. The minimum absolute atomic E-state index is 0.293. The second kappa shape index (κ2) is 5.20. The highest BCUT2D eigenvalue weighted by Gasteiger charge is 2.04. The van der Waals surface area contributed by atoms with Gasteiger partial charge >= 0.3 is 0 Å². The molecule has 0 aliphatic rings. The van der Waals surface area contributed by atoms with E-state index in [1.165, 1.54) is 6.07 Å². The molecule has 1 rings (SSSR count). The number of rotatable bonds is 4. The average Bonchev–Trinajstić information content (AvgIpc) is 2.14. The molecule has 0 amide bonds. The molecule has 0 radical (unpaired) electrons. The second-order valence-electron chi connectivity index (χ2n) is 3.13. The summed E-state index contributed by atoms with van der Waals surface area (Å²) in [5.74, 6) is -0.293. The highest BCUT2D eigenvalue weighted by Crippen LogP contribution is 2.26. The van der Waals surface area contributed by atoms with Crippen molar-refractivity contribution in [3.63, 3.8) is 0 Å². The fraction of sp³-hybridized carbons (Fsp3) is 0.400. The van der Waals surface area contributed by atoms with Gasteiger partial charge in [0.15, 0.2) is 0 Å². The minimum Gasteiger partial charge on any atom is -0.397 e. The highest BCUT2D eigenvalue weighted by molar-refractivity contribution is 9.10. The summed E-state index contributed by atoms with van der Waals surface area (Å²) >= 11 is 3.08. The molecule has 0 atom stereocenters. The van der Waals surface area contributed by atoms with Crippen molar-refractivity contribution in [2.45, 2.75) is 19.8 Å². The number of nitrogens with two attached hydrogens (primary N) is 1. The third kappa shape index (κ3) is 2.87. The Bertz CT molecular complexity index is 315. The topological polar surface area (TPSA) is 38.0 Å². The fourth-order valence-electron chi connectivity index (χ4n) is 1.12. The lowest BCUT2D eigenvalue weighted by molar-refractivity contribution is 0.621. The molecule has 0 unspecified atom stereocenters. The van der Waals surface area contributed by atoms with E-state index in [2.05, 4.69) is 28.2 Å². The van der Waals surface area contributed by atoms with E-state index < -0.39 is 0 Å². The summed E-state index contributed by atoms with van der Waals surface area (Å²) in [5, 5.41) is 3.10. The molecular weight excluding hydrogens is 247 g/mol. The summed E-state index contributed by atoms with van der Waals surface area (Å²) < 4.78 is 13.5. The Balaban J connectivity index is 2.72. The predicted octanol–water partition coefficient (Wildman–Crippen LogP) is 3.38. The molecule has 0 fully saturated rings. The molecule has 0 aliphatic heterocycles. The molecule has 0 spiro atoms. The molecule has 1 aromatic rings. The maximum absolute atomic E-state index is 13.1. The van der Waals surface area contributed by atoms with Crippen LogP contribution in [0.15, 0.2) is 16.6 Å². The molecular formula is C10H14BrFN2. The van der Waals surface area contributed by atoms with Crippen LogP contribution in [0.5, 0.6) is 0 Å². The lowest BCUT2D eigenvalue weighted by atomic mass is 10.2.